The fraction of sp³-hybridized carbons (Fsp3) is 0. The van der Waals surface area contributed by atoms with Crippen molar-refractivity contribution in [3.63, 3.8) is 0 Å². The number of hydrogen-bond acceptors (Lipinski definition) is 3. The first-order chi connectivity index (χ1) is 11.2. The zero-order chi connectivity index (χ0) is 15.8. The van der Waals surface area contributed by atoms with Gasteiger partial charge in [-0.15, -0.1) is 0 Å². The minimum Gasteiger partial charge on any atom is -0.198 e. The lowest BCUT2D eigenvalue weighted by molar-refractivity contribution is 0.942. The molecule has 0 unspecified atom stereocenters. The average Bonchev–Trinajstić information content (AvgIpc) is 3.05. The maximum Gasteiger partial charge on any atom is 0.255 e. The fourth-order valence-electron chi connectivity index (χ4n) is 2.48. The van der Waals surface area contributed by atoms with Crippen LogP contribution in [-0.2, 0) is 0 Å². The van der Waals surface area contributed by atoms with Crippen molar-refractivity contribution in [3.8, 4) is 22.3 Å². The topological polar surface area (TPSA) is 43.1 Å². The van der Waals surface area contributed by atoms with E-state index in [1.54, 1.807) is 0 Å². The summed E-state index contributed by atoms with van der Waals surface area (Å²) in [6.45, 7) is 0. The molecule has 0 aliphatic carbocycles. The predicted molar refractivity (Wildman–Crippen MR) is 91.7 cm³/mol. The van der Waals surface area contributed by atoms with E-state index in [9.17, 15) is 0 Å². The summed E-state index contributed by atoms with van der Waals surface area (Å²) >= 11 is 12.7. The Morgan fingerprint density at radius 2 is 1.43 bits per heavy atom. The number of rotatable bonds is 2. The van der Waals surface area contributed by atoms with Gasteiger partial charge in [0.1, 0.15) is 16.6 Å². The first-order valence-corrected chi connectivity index (χ1v) is 7.70. The molecular formula is C17H10Cl2N4. The molecule has 0 radical (unpaired) electrons. The summed E-state index contributed by atoms with van der Waals surface area (Å²) in [5.74, 6) is 0.379. The molecule has 23 heavy (non-hydrogen) atoms. The quantitative estimate of drug-likeness (QED) is 0.494. The summed E-state index contributed by atoms with van der Waals surface area (Å²) in [5, 5.41) is 4.76. The normalized spacial score (nSPS) is 11.0. The molecule has 0 atom stereocenters. The van der Waals surface area contributed by atoms with Gasteiger partial charge in [0, 0.05) is 0 Å². The van der Waals surface area contributed by atoms with Gasteiger partial charge in [-0.2, -0.15) is 19.6 Å². The molecule has 0 saturated heterocycles. The highest BCUT2D eigenvalue weighted by atomic mass is 35.5. The van der Waals surface area contributed by atoms with Crippen LogP contribution in [0.1, 0.15) is 0 Å². The molecule has 4 rings (SSSR count). The lowest BCUT2D eigenvalue weighted by atomic mass is 10.0. The van der Waals surface area contributed by atoms with E-state index in [0.29, 0.717) is 21.6 Å². The van der Waals surface area contributed by atoms with Crippen LogP contribution < -0.4 is 0 Å². The van der Waals surface area contributed by atoms with E-state index in [1.807, 2.05) is 42.5 Å². The highest BCUT2D eigenvalue weighted by Gasteiger charge is 2.15. The van der Waals surface area contributed by atoms with Crippen molar-refractivity contribution in [1.82, 2.24) is 19.6 Å². The summed E-state index contributed by atoms with van der Waals surface area (Å²) in [6, 6.07) is 18.2. The molecule has 112 valence electrons. The van der Waals surface area contributed by atoms with Gasteiger partial charge in [0.2, 0.25) is 0 Å². The van der Waals surface area contributed by atoms with Crippen molar-refractivity contribution in [2.75, 3.05) is 0 Å². The van der Waals surface area contributed by atoms with Crippen LogP contribution in [0.5, 0.6) is 0 Å². The molecule has 4 nitrogen and oxygen atoms in total. The minimum atomic E-state index is 0.308. The highest BCUT2D eigenvalue weighted by molar-refractivity contribution is 6.38. The van der Waals surface area contributed by atoms with Gasteiger partial charge in [-0.1, -0.05) is 77.8 Å². The summed E-state index contributed by atoms with van der Waals surface area (Å²) in [5.41, 5.74) is 3.80. The Morgan fingerprint density at radius 1 is 0.783 bits per heavy atom. The van der Waals surface area contributed by atoms with Crippen molar-refractivity contribution in [2.45, 2.75) is 0 Å². The van der Waals surface area contributed by atoms with Gasteiger partial charge in [0.25, 0.3) is 5.78 Å². The van der Waals surface area contributed by atoms with Gasteiger partial charge < -0.3 is 0 Å². The molecule has 2 aromatic carbocycles. The Bertz CT molecular complexity index is 979. The van der Waals surface area contributed by atoms with E-state index in [0.717, 1.165) is 16.7 Å². The second kappa shape index (κ2) is 5.65. The first-order valence-electron chi connectivity index (χ1n) is 6.94. The number of fused-ring (bicyclic) bond motifs is 1. The molecule has 0 bridgehead atoms. The van der Waals surface area contributed by atoms with Crippen LogP contribution >= 0.6 is 23.2 Å². The molecule has 6 heteroatoms. The SMILES string of the molecule is Clc1nc2ncnn2c(Cl)c1-c1ccc(-c2ccccc2)cc1. The minimum absolute atomic E-state index is 0.308. The van der Waals surface area contributed by atoms with Crippen molar-refractivity contribution in [1.29, 1.82) is 0 Å². The lowest BCUT2D eigenvalue weighted by Crippen LogP contribution is -1.97. The van der Waals surface area contributed by atoms with Crippen LogP contribution in [0.3, 0.4) is 0 Å². The summed E-state index contributed by atoms with van der Waals surface area (Å²) < 4.78 is 1.47. The van der Waals surface area contributed by atoms with Crippen LogP contribution in [0, 0.1) is 0 Å². The molecule has 0 saturated carbocycles. The molecule has 0 aliphatic rings. The second-order valence-corrected chi connectivity index (χ2v) is 5.70. The molecule has 2 aromatic heterocycles. The number of aromatic nitrogens is 4. The third-order valence-electron chi connectivity index (χ3n) is 3.61. The number of hydrogen-bond donors (Lipinski definition) is 0. The Balaban J connectivity index is 1.82. The Hall–Kier alpha value is -2.43. The third-order valence-corrected chi connectivity index (χ3v) is 4.23. The number of halogens is 2. The Kier molecular flexibility index (Phi) is 3.48. The zero-order valence-electron chi connectivity index (χ0n) is 11.8. The van der Waals surface area contributed by atoms with Gasteiger partial charge in [-0.25, -0.2) is 0 Å². The maximum absolute atomic E-state index is 6.42. The smallest absolute Gasteiger partial charge is 0.198 e. The van der Waals surface area contributed by atoms with Crippen LogP contribution in [0.25, 0.3) is 28.0 Å². The summed E-state index contributed by atoms with van der Waals surface area (Å²) in [6.07, 6.45) is 1.40. The van der Waals surface area contributed by atoms with Gasteiger partial charge >= 0.3 is 0 Å². The van der Waals surface area contributed by atoms with Crippen molar-refractivity contribution in [3.05, 3.63) is 71.2 Å². The van der Waals surface area contributed by atoms with E-state index in [1.165, 1.54) is 10.8 Å². The van der Waals surface area contributed by atoms with Crippen LogP contribution in [-0.4, -0.2) is 19.6 Å². The molecule has 0 amide bonds. The maximum atomic E-state index is 6.42. The third kappa shape index (κ3) is 2.46. The predicted octanol–water partition coefficient (Wildman–Crippen LogP) is 4.77. The van der Waals surface area contributed by atoms with Crippen molar-refractivity contribution < 1.29 is 0 Å². The van der Waals surface area contributed by atoms with Crippen molar-refractivity contribution >= 4 is 29.0 Å². The van der Waals surface area contributed by atoms with E-state index in [2.05, 4.69) is 27.2 Å². The summed E-state index contributed by atoms with van der Waals surface area (Å²) in [4.78, 5) is 8.22. The first kappa shape index (κ1) is 14.2. The van der Waals surface area contributed by atoms with E-state index in [4.69, 9.17) is 23.2 Å². The van der Waals surface area contributed by atoms with E-state index in [-0.39, 0.29) is 0 Å². The molecular weight excluding hydrogens is 331 g/mol. The number of nitrogens with zero attached hydrogens (tertiary/aromatic N) is 4. The zero-order valence-corrected chi connectivity index (χ0v) is 13.3. The van der Waals surface area contributed by atoms with E-state index < -0.39 is 0 Å². The fourth-order valence-corrected chi connectivity index (χ4v) is 3.12. The number of benzene rings is 2. The molecule has 2 heterocycles. The molecule has 0 fully saturated rings. The molecule has 0 N–H and O–H groups in total. The van der Waals surface area contributed by atoms with Gasteiger partial charge in [-0.3, -0.25) is 0 Å². The van der Waals surface area contributed by atoms with Crippen molar-refractivity contribution in [2.24, 2.45) is 0 Å². The van der Waals surface area contributed by atoms with Crippen LogP contribution in [0.2, 0.25) is 10.3 Å². The Morgan fingerprint density at radius 3 is 2.17 bits per heavy atom. The van der Waals surface area contributed by atoms with Gasteiger partial charge in [0.05, 0.1) is 5.56 Å². The summed E-state index contributed by atoms with van der Waals surface area (Å²) in [7, 11) is 0. The standard InChI is InChI=1S/C17H10Cl2N4/c18-15-14(16(19)23-17(22-15)20-10-21-23)13-8-6-12(7-9-13)11-4-2-1-3-5-11/h1-10H. The average molecular weight is 341 g/mol. The van der Waals surface area contributed by atoms with Gasteiger partial charge in [0.15, 0.2) is 0 Å². The molecule has 0 spiro atoms. The Labute approximate surface area is 142 Å². The lowest BCUT2D eigenvalue weighted by Gasteiger charge is -2.09. The van der Waals surface area contributed by atoms with E-state index >= 15 is 0 Å². The molecule has 4 aromatic rings. The van der Waals surface area contributed by atoms with Crippen LogP contribution in [0.4, 0.5) is 0 Å². The van der Waals surface area contributed by atoms with Crippen LogP contribution in [0.15, 0.2) is 60.9 Å². The second-order valence-electron chi connectivity index (χ2n) is 4.98. The highest BCUT2D eigenvalue weighted by Crippen LogP contribution is 2.34. The molecule has 0 aliphatic heterocycles. The monoisotopic (exact) mass is 340 g/mol. The van der Waals surface area contributed by atoms with Gasteiger partial charge in [-0.05, 0) is 16.7 Å². The largest absolute Gasteiger partial charge is 0.255 e.